The molecule has 7 heteroatoms. The second-order valence-electron chi connectivity index (χ2n) is 7.26. The normalized spacial score (nSPS) is 12.3. The van der Waals surface area contributed by atoms with E-state index in [1.165, 1.54) is 12.1 Å². The maximum atomic E-state index is 12.7. The average Bonchev–Trinajstić information content (AvgIpc) is 2.79. The lowest BCUT2D eigenvalue weighted by molar-refractivity contribution is 0.0942. The van der Waals surface area contributed by atoms with Crippen LogP contribution in [-0.2, 0) is 16.6 Å². The van der Waals surface area contributed by atoms with Gasteiger partial charge in [0.25, 0.3) is 5.91 Å². The van der Waals surface area contributed by atoms with E-state index in [9.17, 15) is 18.3 Å². The number of aryl methyl sites for hydroxylation is 1. The first-order valence-electron chi connectivity index (χ1n) is 10.0. The summed E-state index contributed by atoms with van der Waals surface area (Å²) in [5.41, 5.74) is 2.58. The average molecular weight is 439 g/mol. The maximum absolute atomic E-state index is 12.7. The molecule has 0 aliphatic carbocycles. The van der Waals surface area contributed by atoms with Crippen LogP contribution in [-0.4, -0.2) is 26.0 Å². The number of carbonyl (C=O) groups is 1. The highest BCUT2D eigenvalue weighted by molar-refractivity contribution is 7.89. The van der Waals surface area contributed by atoms with Crippen molar-refractivity contribution in [3.8, 4) is 0 Å². The number of aliphatic hydroxyl groups is 1. The van der Waals surface area contributed by atoms with Crippen molar-refractivity contribution in [2.24, 2.45) is 0 Å². The molecule has 1 atom stereocenters. The van der Waals surface area contributed by atoms with Crippen molar-refractivity contribution in [3.63, 3.8) is 0 Å². The van der Waals surface area contributed by atoms with Crippen LogP contribution >= 0.6 is 0 Å². The molecule has 0 spiro atoms. The molecule has 3 rings (SSSR count). The fourth-order valence-corrected chi connectivity index (χ4v) is 4.17. The Hall–Kier alpha value is -3.00. The standard InChI is InChI=1S/C24H26N2O4S/c1-18-12-13-21(31(29,30)26-17-19-8-4-2-5-9-19)16-22(18)24(28)25-15-14-23(27)20-10-6-3-7-11-20/h2-13,16,23,26-27H,14-15,17H2,1H3,(H,25,28)/t23-/m1/s1. The first-order chi connectivity index (χ1) is 14.9. The smallest absolute Gasteiger partial charge is 0.251 e. The van der Waals surface area contributed by atoms with Crippen molar-refractivity contribution in [2.45, 2.75) is 30.9 Å². The zero-order valence-corrected chi connectivity index (χ0v) is 18.1. The number of rotatable bonds is 9. The molecule has 3 aromatic carbocycles. The van der Waals surface area contributed by atoms with Gasteiger partial charge in [-0.3, -0.25) is 4.79 Å². The van der Waals surface area contributed by atoms with E-state index in [1.807, 2.05) is 60.7 Å². The number of carbonyl (C=O) groups excluding carboxylic acids is 1. The van der Waals surface area contributed by atoms with Gasteiger partial charge in [0.15, 0.2) is 0 Å². The Bertz CT molecular complexity index is 1120. The van der Waals surface area contributed by atoms with E-state index in [-0.39, 0.29) is 29.5 Å². The van der Waals surface area contributed by atoms with Gasteiger partial charge >= 0.3 is 0 Å². The summed E-state index contributed by atoms with van der Waals surface area (Å²) in [6.45, 7) is 2.18. The molecule has 6 nitrogen and oxygen atoms in total. The Morgan fingerprint density at radius 3 is 2.29 bits per heavy atom. The van der Waals surface area contributed by atoms with E-state index in [0.717, 1.165) is 11.1 Å². The van der Waals surface area contributed by atoms with Gasteiger partial charge < -0.3 is 10.4 Å². The highest BCUT2D eigenvalue weighted by Crippen LogP contribution is 2.18. The van der Waals surface area contributed by atoms with Crippen LogP contribution in [0.25, 0.3) is 0 Å². The first-order valence-corrected chi connectivity index (χ1v) is 11.5. The van der Waals surface area contributed by atoms with Gasteiger partial charge in [0.05, 0.1) is 11.0 Å². The summed E-state index contributed by atoms with van der Waals surface area (Å²) in [7, 11) is -3.77. The molecule has 0 unspecified atom stereocenters. The summed E-state index contributed by atoms with van der Waals surface area (Å²) >= 11 is 0. The number of hydrogen-bond acceptors (Lipinski definition) is 4. The third-order valence-corrected chi connectivity index (χ3v) is 6.36. The third-order valence-electron chi connectivity index (χ3n) is 4.96. The van der Waals surface area contributed by atoms with Gasteiger partial charge in [-0.25, -0.2) is 13.1 Å². The van der Waals surface area contributed by atoms with Gasteiger partial charge in [0.1, 0.15) is 0 Å². The summed E-state index contributed by atoms with van der Waals surface area (Å²) in [5, 5.41) is 13.0. The van der Waals surface area contributed by atoms with Crippen molar-refractivity contribution in [1.29, 1.82) is 0 Å². The molecule has 3 aromatic rings. The second-order valence-corrected chi connectivity index (χ2v) is 9.02. The molecule has 31 heavy (non-hydrogen) atoms. The van der Waals surface area contributed by atoms with Crippen LogP contribution in [0.2, 0.25) is 0 Å². The molecule has 0 saturated carbocycles. The van der Waals surface area contributed by atoms with E-state index < -0.39 is 16.1 Å². The molecule has 1 amide bonds. The molecule has 0 heterocycles. The van der Waals surface area contributed by atoms with Crippen LogP contribution in [0.1, 0.15) is 39.6 Å². The highest BCUT2D eigenvalue weighted by Gasteiger charge is 2.18. The van der Waals surface area contributed by atoms with Crippen LogP contribution in [0.15, 0.2) is 83.8 Å². The Balaban J connectivity index is 1.63. The zero-order valence-electron chi connectivity index (χ0n) is 17.3. The molecular formula is C24H26N2O4S. The lowest BCUT2D eigenvalue weighted by Crippen LogP contribution is -2.27. The lowest BCUT2D eigenvalue weighted by Gasteiger charge is -2.13. The Morgan fingerprint density at radius 1 is 0.968 bits per heavy atom. The summed E-state index contributed by atoms with van der Waals surface area (Å²) < 4.78 is 27.9. The van der Waals surface area contributed by atoms with Crippen molar-refractivity contribution < 1.29 is 18.3 Å². The van der Waals surface area contributed by atoms with Gasteiger partial charge in [-0.1, -0.05) is 66.7 Å². The Kier molecular flexibility index (Phi) is 7.57. The van der Waals surface area contributed by atoms with Crippen LogP contribution in [0.3, 0.4) is 0 Å². The fourth-order valence-electron chi connectivity index (χ4n) is 3.13. The largest absolute Gasteiger partial charge is 0.388 e. The van der Waals surface area contributed by atoms with E-state index >= 15 is 0 Å². The molecule has 0 radical (unpaired) electrons. The second kappa shape index (κ2) is 10.3. The topological polar surface area (TPSA) is 95.5 Å². The molecular weight excluding hydrogens is 412 g/mol. The fraction of sp³-hybridized carbons (Fsp3) is 0.208. The summed E-state index contributed by atoms with van der Waals surface area (Å²) in [5.74, 6) is -0.377. The van der Waals surface area contributed by atoms with E-state index in [1.54, 1.807) is 13.0 Å². The van der Waals surface area contributed by atoms with Crippen molar-refractivity contribution >= 4 is 15.9 Å². The van der Waals surface area contributed by atoms with Crippen LogP contribution in [0.5, 0.6) is 0 Å². The van der Waals surface area contributed by atoms with E-state index in [0.29, 0.717) is 12.0 Å². The number of sulfonamides is 1. The Morgan fingerprint density at radius 2 is 1.61 bits per heavy atom. The molecule has 162 valence electrons. The molecule has 0 aromatic heterocycles. The molecule has 0 saturated heterocycles. The van der Waals surface area contributed by atoms with Gasteiger partial charge in [-0.05, 0) is 42.2 Å². The van der Waals surface area contributed by atoms with Gasteiger partial charge in [-0.15, -0.1) is 0 Å². The summed E-state index contributed by atoms with van der Waals surface area (Å²) in [4.78, 5) is 12.7. The number of nitrogens with one attached hydrogen (secondary N) is 2. The molecule has 0 fully saturated rings. The minimum absolute atomic E-state index is 0.0310. The maximum Gasteiger partial charge on any atom is 0.251 e. The monoisotopic (exact) mass is 438 g/mol. The SMILES string of the molecule is Cc1ccc(S(=O)(=O)NCc2ccccc2)cc1C(=O)NCC[C@@H](O)c1ccccc1. The first kappa shape index (κ1) is 22.7. The number of benzene rings is 3. The number of aliphatic hydroxyl groups excluding tert-OH is 1. The van der Waals surface area contributed by atoms with Crippen LogP contribution in [0, 0.1) is 6.92 Å². The predicted molar refractivity (Wildman–Crippen MR) is 120 cm³/mol. The quantitative estimate of drug-likeness (QED) is 0.478. The van der Waals surface area contributed by atoms with Crippen molar-refractivity contribution in [3.05, 3.63) is 101 Å². The molecule has 0 bridgehead atoms. The summed E-state index contributed by atoms with van der Waals surface area (Å²) in [6.07, 6.45) is -0.331. The van der Waals surface area contributed by atoms with Crippen LogP contribution in [0.4, 0.5) is 0 Å². The van der Waals surface area contributed by atoms with Gasteiger partial charge in [0, 0.05) is 18.7 Å². The van der Waals surface area contributed by atoms with Crippen LogP contribution < -0.4 is 10.0 Å². The molecule has 0 aliphatic rings. The highest BCUT2D eigenvalue weighted by atomic mass is 32.2. The van der Waals surface area contributed by atoms with Gasteiger partial charge in [0.2, 0.25) is 10.0 Å². The number of amides is 1. The third kappa shape index (κ3) is 6.24. The minimum atomic E-state index is -3.77. The number of hydrogen-bond donors (Lipinski definition) is 3. The molecule has 3 N–H and O–H groups in total. The zero-order chi connectivity index (χ0) is 22.3. The van der Waals surface area contributed by atoms with Crippen molar-refractivity contribution in [1.82, 2.24) is 10.0 Å². The van der Waals surface area contributed by atoms with E-state index in [2.05, 4.69) is 10.0 Å². The van der Waals surface area contributed by atoms with Crippen molar-refractivity contribution in [2.75, 3.05) is 6.54 Å². The predicted octanol–water partition coefficient (Wildman–Crippen LogP) is 3.33. The molecule has 0 aliphatic heterocycles. The van der Waals surface area contributed by atoms with E-state index in [4.69, 9.17) is 0 Å². The van der Waals surface area contributed by atoms with Gasteiger partial charge in [-0.2, -0.15) is 0 Å². The summed E-state index contributed by atoms with van der Waals surface area (Å²) in [6, 6.07) is 22.9. The Labute approximate surface area is 183 Å². The minimum Gasteiger partial charge on any atom is -0.388 e. The lowest BCUT2D eigenvalue weighted by atomic mass is 10.1.